The quantitative estimate of drug-likeness (QED) is 0.794. The van der Waals surface area contributed by atoms with E-state index in [0.717, 1.165) is 12.1 Å². The fraction of sp³-hybridized carbons (Fsp3) is 0.400. The first kappa shape index (κ1) is 16.0. The number of hydroxylamine groups is 1. The van der Waals surface area contributed by atoms with Crippen LogP contribution in [-0.4, -0.2) is 11.9 Å². The Hall–Kier alpha value is -1.84. The Morgan fingerprint density at radius 2 is 1.65 bits per heavy atom. The summed E-state index contributed by atoms with van der Waals surface area (Å²) in [5.41, 5.74) is 3.34. The number of aryl methyl sites for hydroxylation is 1. The Morgan fingerprint density at radius 3 is 2.26 bits per heavy atom. The zero-order chi connectivity index (χ0) is 16.4. The van der Waals surface area contributed by atoms with Crippen LogP contribution in [-0.2, 0) is 9.57 Å². The van der Waals surface area contributed by atoms with Gasteiger partial charge in [0.2, 0.25) is 0 Å². The van der Waals surface area contributed by atoms with Crippen molar-refractivity contribution in [3.8, 4) is 0 Å². The lowest BCUT2D eigenvalue weighted by Gasteiger charge is -2.26. The summed E-state index contributed by atoms with van der Waals surface area (Å²) >= 11 is 0. The number of nitrogens with zero attached hydrogens (tertiary/aromatic N) is 1. The lowest BCUT2D eigenvalue weighted by molar-refractivity contribution is -0.176. The molecule has 3 heteroatoms. The van der Waals surface area contributed by atoms with E-state index in [-0.39, 0.29) is 17.9 Å². The van der Waals surface area contributed by atoms with Crippen LogP contribution in [0.1, 0.15) is 44.4 Å². The molecule has 0 aromatic heterocycles. The first-order chi connectivity index (χ1) is 10.9. The van der Waals surface area contributed by atoms with Gasteiger partial charge in [-0.2, -0.15) is 0 Å². The van der Waals surface area contributed by atoms with Crippen molar-refractivity contribution in [2.24, 2.45) is 0 Å². The van der Waals surface area contributed by atoms with Crippen LogP contribution in [0.3, 0.4) is 0 Å². The molecule has 0 radical (unpaired) electrons. The summed E-state index contributed by atoms with van der Waals surface area (Å²) in [7, 11) is 0. The summed E-state index contributed by atoms with van der Waals surface area (Å²) in [5.74, 6) is 0. The normalized spacial score (nSPS) is 21.7. The molecule has 0 N–H and O–H groups in total. The van der Waals surface area contributed by atoms with Gasteiger partial charge in [0.25, 0.3) is 0 Å². The first-order valence-corrected chi connectivity index (χ1v) is 8.18. The zero-order valence-corrected chi connectivity index (χ0v) is 14.3. The Balaban J connectivity index is 1.88. The Bertz CT molecular complexity index is 631. The fourth-order valence-corrected chi connectivity index (χ4v) is 2.86. The third-order valence-electron chi connectivity index (χ3n) is 3.89. The average molecular weight is 311 g/mol. The van der Waals surface area contributed by atoms with Crippen molar-refractivity contribution in [1.82, 2.24) is 0 Å². The molecule has 1 aliphatic rings. The minimum absolute atomic E-state index is 0.158. The van der Waals surface area contributed by atoms with Crippen LogP contribution < -0.4 is 5.06 Å². The number of hydrogen-bond donors (Lipinski definition) is 0. The van der Waals surface area contributed by atoms with Gasteiger partial charge in [0.15, 0.2) is 6.29 Å². The maximum absolute atomic E-state index is 6.13. The molecular weight excluding hydrogens is 286 g/mol. The molecule has 1 aliphatic heterocycles. The van der Waals surface area contributed by atoms with Gasteiger partial charge in [0, 0.05) is 6.42 Å². The molecule has 2 aromatic rings. The summed E-state index contributed by atoms with van der Waals surface area (Å²) in [6.45, 7) is 8.28. The van der Waals surface area contributed by atoms with Gasteiger partial charge < -0.3 is 4.74 Å². The lowest BCUT2D eigenvalue weighted by Crippen LogP contribution is -2.28. The molecule has 0 bridgehead atoms. The van der Waals surface area contributed by atoms with E-state index in [2.05, 4.69) is 64.1 Å². The standard InChI is InChI=1S/C20H25NO2/c1-15-10-12-16(13-11-15)18-14-19(22-20(2,3)4)23-21(18)17-8-6-5-7-9-17/h5-13,18-19H,14H2,1-4H3/t18-,19+/m1/s1. The second-order valence-corrected chi connectivity index (χ2v) is 7.09. The minimum Gasteiger partial charge on any atom is -0.344 e. The van der Waals surface area contributed by atoms with Gasteiger partial charge in [-0.1, -0.05) is 48.0 Å². The molecule has 3 rings (SSSR count). The van der Waals surface area contributed by atoms with Crippen LogP contribution in [0.4, 0.5) is 5.69 Å². The number of hydrogen-bond acceptors (Lipinski definition) is 3. The lowest BCUT2D eigenvalue weighted by atomic mass is 10.0. The van der Waals surface area contributed by atoms with Crippen molar-refractivity contribution >= 4 is 5.69 Å². The molecule has 2 aromatic carbocycles. The van der Waals surface area contributed by atoms with Crippen molar-refractivity contribution < 1.29 is 9.57 Å². The van der Waals surface area contributed by atoms with Gasteiger partial charge in [-0.15, -0.1) is 0 Å². The van der Waals surface area contributed by atoms with Crippen LogP contribution in [0.2, 0.25) is 0 Å². The molecule has 1 saturated heterocycles. The van der Waals surface area contributed by atoms with Crippen LogP contribution in [0.5, 0.6) is 0 Å². The molecule has 23 heavy (non-hydrogen) atoms. The van der Waals surface area contributed by atoms with E-state index in [1.54, 1.807) is 0 Å². The molecule has 1 heterocycles. The van der Waals surface area contributed by atoms with Crippen LogP contribution in [0, 0.1) is 6.92 Å². The Morgan fingerprint density at radius 1 is 1.00 bits per heavy atom. The van der Waals surface area contributed by atoms with Crippen LogP contribution >= 0.6 is 0 Å². The van der Waals surface area contributed by atoms with Crippen LogP contribution in [0.15, 0.2) is 54.6 Å². The molecule has 2 atom stereocenters. The molecule has 0 saturated carbocycles. The molecule has 0 unspecified atom stereocenters. The molecule has 3 nitrogen and oxygen atoms in total. The van der Waals surface area contributed by atoms with Gasteiger partial charge in [0.05, 0.1) is 17.3 Å². The molecule has 122 valence electrons. The topological polar surface area (TPSA) is 21.7 Å². The SMILES string of the molecule is Cc1ccc([C@H]2C[C@@H](OC(C)(C)C)ON2c2ccccc2)cc1. The summed E-state index contributed by atoms with van der Waals surface area (Å²) in [6, 6.07) is 19.0. The smallest absolute Gasteiger partial charge is 0.186 e. The highest BCUT2D eigenvalue weighted by Crippen LogP contribution is 2.39. The first-order valence-electron chi connectivity index (χ1n) is 8.18. The minimum atomic E-state index is -0.235. The van der Waals surface area contributed by atoms with E-state index >= 15 is 0 Å². The maximum Gasteiger partial charge on any atom is 0.186 e. The van der Waals surface area contributed by atoms with Gasteiger partial charge in [0.1, 0.15) is 0 Å². The highest BCUT2D eigenvalue weighted by atomic mass is 16.8. The van der Waals surface area contributed by atoms with E-state index in [1.807, 2.05) is 23.3 Å². The van der Waals surface area contributed by atoms with E-state index in [1.165, 1.54) is 11.1 Å². The number of anilines is 1. The fourth-order valence-electron chi connectivity index (χ4n) is 2.86. The summed E-state index contributed by atoms with van der Waals surface area (Å²) in [4.78, 5) is 6.13. The van der Waals surface area contributed by atoms with Gasteiger partial charge >= 0.3 is 0 Å². The monoisotopic (exact) mass is 311 g/mol. The van der Waals surface area contributed by atoms with E-state index in [0.29, 0.717) is 0 Å². The number of benzene rings is 2. The van der Waals surface area contributed by atoms with Crippen molar-refractivity contribution in [3.63, 3.8) is 0 Å². The predicted octanol–water partition coefficient (Wildman–Crippen LogP) is 5.02. The van der Waals surface area contributed by atoms with Gasteiger partial charge in [-0.05, 0) is 45.4 Å². The van der Waals surface area contributed by atoms with Crippen LogP contribution in [0.25, 0.3) is 0 Å². The molecule has 0 spiro atoms. The summed E-state index contributed by atoms with van der Waals surface area (Å²) < 4.78 is 6.06. The molecular formula is C20H25NO2. The Labute approximate surface area is 138 Å². The predicted molar refractivity (Wildman–Crippen MR) is 93.2 cm³/mol. The molecule has 0 amide bonds. The average Bonchev–Trinajstić information content (AvgIpc) is 2.90. The van der Waals surface area contributed by atoms with E-state index in [9.17, 15) is 0 Å². The number of rotatable bonds is 3. The molecule has 1 fully saturated rings. The van der Waals surface area contributed by atoms with E-state index in [4.69, 9.17) is 9.57 Å². The third kappa shape index (κ3) is 3.92. The Kier molecular flexibility index (Phi) is 4.42. The largest absolute Gasteiger partial charge is 0.344 e. The number of ether oxygens (including phenoxy) is 1. The van der Waals surface area contributed by atoms with E-state index < -0.39 is 0 Å². The van der Waals surface area contributed by atoms with Crippen molar-refractivity contribution in [1.29, 1.82) is 0 Å². The third-order valence-corrected chi connectivity index (χ3v) is 3.89. The van der Waals surface area contributed by atoms with Crippen molar-refractivity contribution in [3.05, 3.63) is 65.7 Å². The van der Waals surface area contributed by atoms with Crippen molar-refractivity contribution in [2.45, 2.75) is 52.0 Å². The molecule has 0 aliphatic carbocycles. The summed E-state index contributed by atoms with van der Waals surface area (Å²) in [6.07, 6.45) is 0.580. The maximum atomic E-state index is 6.13. The second-order valence-electron chi connectivity index (χ2n) is 7.09. The number of para-hydroxylation sites is 1. The highest BCUT2D eigenvalue weighted by molar-refractivity contribution is 5.47. The zero-order valence-electron chi connectivity index (χ0n) is 14.3. The van der Waals surface area contributed by atoms with Gasteiger partial charge in [-0.3, -0.25) is 0 Å². The second kappa shape index (κ2) is 6.34. The highest BCUT2D eigenvalue weighted by Gasteiger charge is 2.37. The van der Waals surface area contributed by atoms with Crippen molar-refractivity contribution in [2.75, 3.05) is 5.06 Å². The summed E-state index contributed by atoms with van der Waals surface area (Å²) in [5, 5.41) is 1.99. The van der Waals surface area contributed by atoms with Gasteiger partial charge in [-0.25, -0.2) is 9.90 Å².